The van der Waals surface area contributed by atoms with Crippen LogP contribution >= 0.6 is 0 Å². The topological polar surface area (TPSA) is 68.1 Å². The Morgan fingerprint density at radius 2 is 1.54 bits per heavy atom. The highest BCUT2D eigenvalue weighted by Gasteiger charge is 2.30. The molecule has 1 heterocycles. The van der Waals surface area contributed by atoms with E-state index in [0.717, 1.165) is 17.7 Å². The predicted molar refractivity (Wildman–Crippen MR) is 101 cm³/mol. The van der Waals surface area contributed by atoms with Crippen molar-refractivity contribution in [3.63, 3.8) is 0 Å². The SMILES string of the molecule is CCc1c(-c2ccc(C(F)(F)F)cc2)[nH]c(-c2ccc(OC)cc2)c1C(N)=O. The molecule has 4 nitrogen and oxygen atoms in total. The van der Waals surface area contributed by atoms with Crippen LogP contribution in [0.1, 0.15) is 28.4 Å². The van der Waals surface area contributed by atoms with Gasteiger partial charge < -0.3 is 15.5 Å². The largest absolute Gasteiger partial charge is 0.497 e. The fourth-order valence-electron chi connectivity index (χ4n) is 3.21. The molecule has 0 unspecified atom stereocenters. The van der Waals surface area contributed by atoms with E-state index in [1.807, 2.05) is 6.92 Å². The number of amides is 1. The molecule has 0 atom stereocenters. The molecule has 0 bridgehead atoms. The molecule has 1 aromatic heterocycles. The number of benzene rings is 2. The summed E-state index contributed by atoms with van der Waals surface area (Å²) in [5.41, 5.74) is 8.28. The standard InChI is InChI=1S/C21H19F3N2O2/c1-3-16-17(20(25)27)19(13-6-10-15(28-2)11-7-13)26-18(16)12-4-8-14(9-5-12)21(22,23)24/h4-11,26H,3H2,1-2H3,(H2,25,27). The van der Waals surface area contributed by atoms with Gasteiger partial charge in [-0.25, -0.2) is 0 Å². The molecule has 7 heteroatoms. The number of methoxy groups -OCH3 is 1. The number of alkyl halides is 3. The van der Waals surface area contributed by atoms with Crippen molar-refractivity contribution < 1.29 is 22.7 Å². The van der Waals surface area contributed by atoms with Gasteiger partial charge in [-0.3, -0.25) is 4.79 Å². The molecule has 0 radical (unpaired) electrons. The summed E-state index contributed by atoms with van der Waals surface area (Å²) in [6.45, 7) is 1.86. The lowest BCUT2D eigenvalue weighted by atomic mass is 9.98. The smallest absolute Gasteiger partial charge is 0.416 e. The van der Waals surface area contributed by atoms with Gasteiger partial charge in [0, 0.05) is 5.69 Å². The minimum atomic E-state index is -4.41. The van der Waals surface area contributed by atoms with E-state index in [0.29, 0.717) is 40.2 Å². The second kappa shape index (κ2) is 7.42. The summed E-state index contributed by atoms with van der Waals surface area (Å²) in [4.78, 5) is 15.3. The van der Waals surface area contributed by atoms with Crippen LogP contribution in [0.15, 0.2) is 48.5 Å². The molecule has 3 aromatic rings. The maximum atomic E-state index is 12.8. The molecule has 0 saturated carbocycles. The Bertz CT molecular complexity index is 988. The lowest BCUT2D eigenvalue weighted by Gasteiger charge is -2.08. The van der Waals surface area contributed by atoms with Gasteiger partial charge in [0.05, 0.1) is 23.9 Å². The zero-order chi connectivity index (χ0) is 20.5. The molecule has 0 aliphatic carbocycles. The van der Waals surface area contributed by atoms with Crippen LogP contribution < -0.4 is 10.5 Å². The van der Waals surface area contributed by atoms with E-state index in [9.17, 15) is 18.0 Å². The molecule has 3 N–H and O–H groups in total. The maximum absolute atomic E-state index is 12.8. The summed E-state index contributed by atoms with van der Waals surface area (Å²) in [7, 11) is 1.55. The summed E-state index contributed by atoms with van der Waals surface area (Å²) >= 11 is 0. The fourth-order valence-corrected chi connectivity index (χ4v) is 3.21. The molecular formula is C21H19F3N2O2. The zero-order valence-corrected chi connectivity index (χ0v) is 15.4. The summed E-state index contributed by atoms with van der Waals surface area (Å²) < 4.78 is 43.7. The van der Waals surface area contributed by atoms with Gasteiger partial charge >= 0.3 is 6.18 Å². The zero-order valence-electron chi connectivity index (χ0n) is 15.4. The minimum Gasteiger partial charge on any atom is -0.497 e. The molecule has 28 heavy (non-hydrogen) atoms. The van der Waals surface area contributed by atoms with Crippen molar-refractivity contribution in [2.45, 2.75) is 19.5 Å². The third-order valence-corrected chi connectivity index (χ3v) is 4.58. The van der Waals surface area contributed by atoms with Crippen molar-refractivity contribution in [3.05, 3.63) is 65.2 Å². The fraction of sp³-hybridized carbons (Fsp3) is 0.190. The quantitative estimate of drug-likeness (QED) is 0.643. The molecule has 0 spiro atoms. The van der Waals surface area contributed by atoms with Gasteiger partial charge in [-0.1, -0.05) is 19.1 Å². The lowest BCUT2D eigenvalue weighted by Crippen LogP contribution is -2.13. The first kappa shape index (κ1) is 19.5. The van der Waals surface area contributed by atoms with Crippen molar-refractivity contribution in [1.29, 1.82) is 0 Å². The van der Waals surface area contributed by atoms with Gasteiger partial charge in [-0.2, -0.15) is 13.2 Å². The van der Waals surface area contributed by atoms with Crippen molar-refractivity contribution in [2.75, 3.05) is 7.11 Å². The van der Waals surface area contributed by atoms with Gasteiger partial charge in [0.25, 0.3) is 5.91 Å². The number of halogens is 3. The van der Waals surface area contributed by atoms with E-state index in [4.69, 9.17) is 10.5 Å². The molecule has 1 amide bonds. The number of rotatable bonds is 5. The molecule has 0 fully saturated rings. The first-order valence-electron chi connectivity index (χ1n) is 8.63. The van der Waals surface area contributed by atoms with Gasteiger partial charge in [0.15, 0.2) is 0 Å². The number of primary amides is 1. The monoisotopic (exact) mass is 388 g/mol. The predicted octanol–water partition coefficient (Wildman–Crippen LogP) is 5.04. The average molecular weight is 388 g/mol. The third-order valence-electron chi connectivity index (χ3n) is 4.58. The first-order chi connectivity index (χ1) is 13.3. The van der Waals surface area contributed by atoms with E-state index < -0.39 is 17.6 Å². The highest BCUT2D eigenvalue weighted by Crippen LogP contribution is 2.36. The van der Waals surface area contributed by atoms with Crippen molar-refractivity contribution in [3.8, 4) is 28.3 Å². The van der Waals surface area contributed by atoms with Crippen molar-refractivity contribution in [1.82, 2.24) is 4.98 Å². The number of aromatic amines is 1. The number of carbonyl (C=O) groups excluding carboxylic acids is 1. The number of ether oxygens (including phenoxy) is 1. The summed E-state index contributed by atoms with van der Waals surface area (Å²) in [5.74, 6) is 0.0617. The second-order valence-corrected chi connectivity index (χ2v) is 6.25. The highest BCUT2D eigenvalue weighted by atomic mass is 19.4. The number of hydrogen-bond donors (Lipinski definition) is 2. The Labute approximate surface area is 160 Å². The molecule has 0 aliphatic heterocycles. The lowest BCUT2D eigenvalue weighted by molar-refractivity contribution is -0.137. The Hall–Kier alpha value is -3.22. The van der Waals surface area contributed by atoms with Crippen molar-refractivity contribution >= 4 is 5.91 Å². The number of carbonyl (C=O) groups is 1. The van der Waals surface area contributed by atoms with E-state index in [1.54, 1.807) is 31.4 Å². The van der Waals surface area contributed by atoms with E-state index >= 15 is 0 Å². The minimum absolute atomic E-state index is 0.336. The molecule has 146 valence electrons. The summed E-state index contributed by atoms with van der Waals surface area (Å²) in [6.07, 6.45) is -3.92. The molecular weight excluding hydrogens is 369 g/mol. The second-order valence-electron chi connectivity index (χ2n) is 6.25. The Balaban J connectivity index is 2.15. The maximum Gasteiger partial charge on any atom is 0.416 e. The van der Waals surface area contributed by atoms with E-state index in [-0.39, 0.29) is 0 Å². The Morgan fingerprint density at radius 1 is 1.00 bits per heavy atom. The van der Waals surface area contributed by atoms with Crippen LogP contribution in [0, 0.1) is 0 Å². The average Bonchev–Trinajstić information content (AvgIpc) is 3.07. The van der Waals surface area contributed by atoms with Gasteiger partial charge in [-0.05, 0) is 59.5 Å². The van der Waals surface area contributed by atoms with Crippen LogP contribution in [-0.4, -0.2) is 18.0 Å². The molecule has 0 saturated heterocycles. The van der Waals surface area contributed by atoms with E-state index in [1.165, 1.54) is 12.1 Å². The molecule has 2 aromatic carbocycles. The summed E-state index contributed by atoms with van der Waals surface area (Å²) in [6, 6.07) is 11.9. The van der Waals surface area contributed by atoms with Crippen LogP contribution in [0.2, 0.25) is 0 Å². The first-order valence-corrected chi connectivity index (χ1v) is 8.63. The normalized spacial score (nSPS) is 11.5. The summed E-state index contributed by atoms with van der Waals surface area (Å²) in [5, 5.41) is 0. The van der Waals surface area contributed by atoms with E-state index in [2.05, 4.69) is 4.98 Å². The van der Waals surface area contributed by atoms with Crippen LogP contribution in [-0.2, 0) is 12.6 Å². The number of nitrogens with one attached hydrogen (secondary N) is 1. The molecule has 3 rings (SSSR count). The van der Waals surface area contributed by atoms with Crippen molar-refractivity contribution in [2.24, 2.45) is 5.73 Å². The Morgan fingerprint density at radius 3 is 2.00 bits per heavy atom. The van der Waals surface area contributed by atoms with Crippen LogP contribution in [0.4, 0.5) is 13.2 Å². The van der Waals surface area contributed by atoms with Gasteiger partial charge in [-0.15, -0.1) is 0 Å². The van der Waals surface area contributed by atoms with Gasteiger partial charge in [0.2, 0.25) is 0 Å². The van der Waals surface area contributed by atoms with Crippen LogP contribution in [0.3, 0.4) is 0 Å². The number of aromatic nitrogens is 1. The number of H-pyrrole nitrogens is 1. The van der Waals surface area contributed by atoms with Gasteiger partial charge in [0.1, 0.15) is 5.75 Å². The number of nitrogens with two attached hydrogens (primary N) is 1. The highest BCUT2D eigenvalue weighted by molar-refractivity contribution is 6.03. The third kappa shape index (κ3) is 3.60. The van der Waals surface area contributed by atoms with Crippen LogP contribution in [0.25, 0.3) is 22.5 Å². The van der Waals surface area contributed by atoms with Crippen LogP contribution in [0.5, 0.6) is 5.75 Å². The molecule has 0 aliphatic rings. The Kier molecular flexibility index (Phi) is 5.18. The number of hydrogen-bond acceptors (Lipinski definition) is 2.